The average molecular weight is 373 g/mol. The number of nitrogens with two attached hydrogens (primary N) is 1. The molecule has 7 nitrogen and oxygen atoms in total. The summed E-state index contributed by atoms with van der Waals surface area (Å²) in [5.41, 5.74) is 0.824. The SMILES string of the molecule is CC(=O)c1cccc(NC(=O)C(C)Sc2nnc(C(F)(F)F)n2N)c1. The molecule has 0 aliphatic carbocycles. The molecule has 11 heteroatoms. The number of carbonyl (C=O) groups excluding carboxylic acids is 2. The topological polar surface area (TPSA) is 103 Å². The number of nitrogen functional groups attached to an aromatic ring is 1. The second kappa shape index (κ2) is 7.13. The number of anilines is 1. The highest BCUT2D eigenvalue weighted by Crippen LogP contribution is 2.30. The van der Waals surface area contributed by atoms with Crippen LogP contribution < -0.4 is 11.2 Å². The number of carbonyl (C=O) groups is 2. The molecule has 1 heterocycles. The van der Waals surface area contributed by atoms with Gasteiger partial charge in [-0.25, -0.2) is 4.68 Å². The van der Waals surface area contributed by atoms with Gasteiger partial charge in [0, 0.05) is 11.3 Å². The molecule has 2 rings (SSSR count). The van der Waals surface area contributed by atoms with E-state index in [2.05, 4.69) is 15.5 Å². The minimum atomic E-state index is -4.74. The van der Waals surface area contributed by atoms with Crippen LogP contribution in [0.5, 0.6) is 0 Å². The molecular formula is C14H14F3N5O2S. The van der Waals surface area contributed by atoms with Gasteiger partial charge in [0.15, 0.2) is 5.78 Å². The fourth-order valence-corrected chi connectivity index (χ4v) is 2.59. The van der Waals surface area contributed by atoms with Gasteiger partial charge < -0.3 is 11.2 Å². The van der Waals surface area contributed by atoms with Crippen molar-refractivity contribution in [3.05, 3.63) is 35.7 Å². The van der Waals surface area contributed by atoms with E-state index in [9.17, 15) is 22.8 Å². The summed E-state index contributed by atoms with van der Waals surface area (Å²) < 4.78 is 38.2. The molecule has 0 aliphatic heterocycles. The van der Waals surface area contributed by atoms with E-state index in [1.165, 1.54) is 19.9 Å². The summed E-state index contributed by atoms with van der Waals surface area (Å²) in [6.45, 7) is 2.88. The lowest BCUT2D eigenvalue weighted by Gasteiger charge is -2.12. The number of nitrogens with zero attached hydrogens (tertiary/aromatic N) is 3. The van der Waals surface area contributed by atoms with Crippen molar-refractivity contribution in [3.8, 4) is 0 Å². The van der Waals surface area contributed by atoms with Gasteiger partial charge in [0.2, 0.25) is 11.1 Å². The third-order valence-electron chi connectivity index (χ3n) is 3.11. The highest BCUT2D eigenvalue weighted by Gasteiger charge is 2.38. The van der Waals surface area contributed by atoms with Crippen LogP contribution in [0.4, 0.5) is 18.9 Å². The van der Waals surface area contributed by atoms with Crippen molar-refractivity contribution < 1.29 is 22.8 Å². The maximum Gasteiger partial charge on any atom is 0.453 e. The summed E-state index contributed by atoms with van der Waals surface area (Å²) in [7, 11) is 0. The molecular weight excluding hydrogens is 359 g/mol. The Bertz CT molecular complexity index is 806. The second-order valence-electron chi connectivity index (χ2n) is 5.06. The van der Waals surface area contributed by atoms with E-state index >= 15 is 0 Å². The molecule has 134 valence electrons. The number of amides is 1. The smallest absolute Gasteiger partial charge is 0.335 e. The average Bonchev–Trinajstić information content (AvgIpc) is 2.88. The molecule has 0 saturated heterocycles. The second-order valence-corrected chi connectivity index (χ2v) is 6.37. The molecule has 1 atom stereocenters. The molecule has 25 heavy (non-hydrogen) atoms. The Labute approximate surface area is 144 Å². The van der Waals surface area contributed by atoms with Crippen molar-refractivity contribution in [3.63, 3.8) is 0 Å². The molecule has 1 amide bonds. The molecule has 0 spiro atoms. The molecule has 0 saturated carbocycles. The minimum Gasteiger partial charge on any atom is -0.335 e. The summed E-state index contributed by atoms with van der Waals surface area (Å²) >= 11 is 0.730. The van der Waals surface area contributed by atoms with Gasteiger partial charge in [-0.15, -0.1) is 10.2 Å². The Balaban J connectivity index is 2.07. The number of ketones is 1. The van der Waals surface area contributed by atoms with Gasteiger partial charge in [-0.3, -0.25) is 9.59 Å². The Morgan fingerprint density at radius 3 is 2.56 bits per heavy atom. The number of rotatable bonds is 5. The van der Waals surface area contributed by atoms with Gasteiger partial charge in [-0.05, 0) is 26.0 Å². The first-order valence-corrected chi connectivity index (χ1v) is 7.83. The molecule has 0 fully saturated rings. The van der Waals surface area contributed by atoms with E-state index < -0.39 is 23.2 Å². The summed E-state index contributed by atoms with van der Waals surface area (Å²) in [4.78, 5) is 23.5. The highest BCUT2D eigenvalue weighted by molar-refractivity contribution is 8.00. The van der Waals surface area contributed by atoms with Crippen molar-refractivity contribution in [2.45, 2.75) is 30.4 Å². The van der Waals surface area contributed by atoms with Crippen LogP contribution in [0.15, 0.2) is 29.4 Å². The van der Waals surface area contributed by atoms with E-state index in [0.717, 1.165) is 11.8 Å². The fraction of sp³-hybridized carbons (Fsp3) is 0.286. The number of hydrogen-bond acceptors (Lipinski definition) is 6. The largest absolute Gasteiger partial charge is 0.453 e. The maximum atomic E-state index is 12.6. The van der Waals surface area contributed by atoms with Crippen LogP contribution in [0, 0.1) is 0 Å². The van der Waals surface area contributed by atoms with E-state index in [4.69, 9.17) is 5.84 Å². The van der Waals surface area contributed by atoms with Gasteiger partial charge in [-0.1, -0.05) is 23.9 Å². The number of alkyl halides is 3. The van der Waals surface area contributed by atoms with Crippen LogP contribution in [0.25, 0.3) is 0 Å². The normalized spacial score (nSPS) is 12.7. The van der Waals surface area contributed by atoms with E-state index in [1.54, 1.807) is 18.2 Å². The minimum absolute atomic E-state index is 0.158. The molecule has 1 aromatic carbocycles. The maximum absolute atomic E-state index is 12.6. The van der Waals surface area contributed by atoms with Crippen molar-refractivity contribution in [1.29, 1.82) is 0 Å². The van der Waals surface area contributed by atoms with Crippen molar-refractivity contribution in [1.82, 2.24) is 14.9 Å². The van der Waals surface area contributed by atoms with Crippen molar-refractivity contribution >= 4 is 29.1 Å². The first-order valence-electron chi connectivity index (χ1n) is 6.96. The Morgan fingerprint density at radius 2 is 2.00 bits per heavy atom. The molecule has 3 N–H and O–H groups in total. The van der Waals surface area contributed by atoms with Gasteiger partial charge in [0.1, 0.15) is 0 Å². The van der Waals surface area contributed by atoms with Gasteiger partial charge in [-0.2, -0.15) is 13.2 Å². The van der Waals surface area contributed by atoms with E-state index in [1.807, 2.05) is 0 Å². The molecule has 0 bridgehead atoms. The summed E-state index contributed by atoms with van der Waals surface area (Å²) in [5, 5.41) is 7.88. The monoisotopic (exact) mass is 373 g/mol. The number of aromatic nitrogens is 3. The zero-order valence-corrected chi connectivity index (χ0v) is 14.0. The van der Waals surface area contributed by atoms with Gasteiger partial charge in [0.05, 0.1) is 5.25 Å². The van der Waals surface area contributed by atoms with Gasteiger partial charge in [0.25, 0.3) is 5.82 Å². The third kappa shape index (κ3) is 4.50. The Morgan fingerprint density at radius 1 is 1.32 bits per heavy atom. The highest BCUT2D eigenvalue weighted by atomic mass is 32.2. The molecule has 1 unspecified atom stereocenters. The number of nitrogens with one attached hydrogen (secondary N) is 1. The van der Waals surface area contributed by atoms with E-state index in [-0.39, 0.29) is 10.9 Å². The summed E-state index contributed by atoms with van der Waals surface area (Å²) in [5.74, 6) is 3.33. The molecule has 2 aromatic rings. The predicted octanol–water partition coefficient (Wildman–Crippen LogP) is 2.33. The lowest BCUT2D eigenvalue weighted by molar-refractivity contribution is -0.146. The third-order valence-corrected chi connectivity index (χ3v) is 4.16. The standard InChI is InChI=1S/C14H14F3N5O2S/c1-7(23)9-4-3-5-10(6-9)19-11(24)8(2)25-13-21-20-12(22(13)18)14(15,16)17/h3-6,8H,18H2,1-2H3,(H,19,24). The Kier molecular flexibility index (Phi) is 5.36. The first kappa shape index (κ1) is 18.8. The predicted molar refractivity (Wildman–Crippen MR) is 85.6 cm³/mol. The van der Waals surface area contributed by atoms with Crippen LogP contribution in [-0.2, 0) is 11.0 Å². The van der Waals surface area contributed by atoms with E-state index in [0.29, 0.717) is 15.9 Å². The van der Waals surface area contributed by atoms with Crippen molar-refractivity contribution in [2.75, 3.05) is 11.2 Å². The zero-order chi connectivity index (χ0) is 18.8. The number of hydrogen-bond donors (Lipinski definition) is 2. The zero-order valence-electron chi connectivity index (χ0n) is 13.2. The van der Waals surface area contributed by atoms with Gasteiger partial charge >= 0.3 is 6.18 Å². The summed E-state index contributed by atoms with van der Waals surface area (Å²) in [6, 6.07) is 6.31. The molecule has 1 aromatic heterocycles. The van der Waals surface area contributed by atoms with Crippen molar-refractivity contribution in [2.24, 2.45) is 0 Å². The number of halogens is 3. The lowest BCUT2D eigenvalue weighted by Crippen LogP contribution is -2.25. The molecule has 0 radical (unpaired) electrons. The quantitative estimate of drug-likeness (QED) is 0.474. The Hall–Kier alpha value is -2.56. The molecule has 0 aliphatic rings. The lowest BCUT2D eigenvalue weighted by atomic mass is 10.1. The van der Waals surface area contributed by atoms with Crippen LogP contribution in [0.1, 0.15) is 30.0 Å². The van der Waals surface area contributed by atoms with Crippen LogP contribution in [0.3, 0.4) is 0 Å². The van der Waals surface area contributed by atoms with Crippen LogP contribution in [0.2, 0.25) is 0 Å². The fourth-order valence-electron chi connectivity index (χ4n) is 1.82. The first-order chi connectivity index (χ1) is 11.6. The van der Waals surface area contributed by atoms with Crippen LogP contribution in [-0.4, -0.2) is 31.8 Å². The van der Waals surface area contributed by atoms with Crippen LogP contribution >= 0.6 is 11.8 Å². The summed E-state index contributed by atoms with van der Waals surface area (Å²) in [6.07, 6.45) is -4.74. The number of thioether (sulfide) groups is 1. The number of Topliss-reactive ketones (excluding diaryl/α,β-unsaturated/α-hetero) is 1. The number of benzene rings is 1.